The topological polar surface area (TPSA) is 66.4 Å². The Kier molecular flexibility index (Phi) is 3.46. The van der Waals surface area contributed by atoms with Crippen LogP contribution in [0.15, 0.2) is 30.4 Å². The third-order valence-corrected chi connectivity index (χ3v) is 3.12. The van der Waals surface area contributed by atoms with Gasteiger partial charge in [-0.2, -0.15) is 0 Å². The third kappa shape index (κ3) is 2.59. The molecule has 0 spiro atoms. The molecule has 0 saturated carbocycles. The molecule has 1 aliphatic rings. The molecule has 18 heavy (non-hydrogen) atoms. The average Bonchev–Trinajstić information content (AvgIpc) is 2.85. The molecule has 2 rings (SSSR count). The van der Waals surface area contributed by atoms with Gasteiger partial charge >= 0.3 is 5.97 Å². The molecule has 0 aromatic heterocycles. The number of amides is 1. The first kappa shape index (κ1) is 12.4. The number of carboxylic acids is 1. The van der Waals surface area contributed by atoms with Crippen LogP contribution in [0.2, 0.25) is 0 Å². The largest absolute Gasteiger partial charge is 0.478 e. The first-order valence-electron chi connectivity index (χ1n) is 5.87. The Bertz CT molecular complexity index is 512. The van der Waals surface area contributed by atoms with Crippen molar-refractivity contribution in [1.29, 1.82) is 0 Å². The lowest BCUT2D eigenvalue weighted by atomic mass is 10.1. The Morgan fingerprint density at radius 2 is 1.94 bits per heavy atom. The SMILES string of the molecule is Cc1ccc(C(=O)O)cc1NC(=O)C1CC=CC1. The average molecular weight is 245 g/mol. The summed E-state index contributed by atoms with van der Waals surface area (Å²) < 4.78 is 0. The normalized spacial score (nSPS) is 14.7. The van der Waals surface area contributed by atoms with Crippen molar-refractivity contribution < 1.29 is 14.7 Å². The van der Waals surface area contributed by atoms with Crippen LogP contribution in [0, 0.1) is 12.8 Å². The number of hydrogen-bond acceptors (Lipinski definition) is 2. The number of benzene rings is 1. The van der Waals surface area contributed by atoms with E-state index in [1.807, 2.05) is 19.1 Å². The van der Waals surface area contributed by atoms with Gasteiger partial charge in [0.1, 0.15) is 0 Å². The molecular formula is C14H15NO3. The summed E-state index contributed by atoms with van der Waals surface area (Å²) in [5.41, 5.74) is 1.62. The summed E-state index contributed by atoms with van der Waals surface area (Å²) in [5, 5.41) is 11.7. The summed E-state index contributed by atoms with van der Waals surface area (Å²) in [6.07, 6.45) is 5.49. The maximum atomic E-state index is 11.9. The molecule has 0 heterocycles. The molecule has 1 aromatic rings. The predicted octanol–water partition coefficient (Wildman–Crippen LogP) is 2.60. The zero-order valence-corrected chi connectivity index (χ0v) is 10.1. The second kappa shape index (κ2) is 5.04. The monoisotopic (exact) mass is 245 g/mol. The van der Waals surface area contributed by atoms with Crippen molar-refractivity contribution in [2.45, 2.75) is 19.8 Å². The quantitative estimate of drug-likeness (QED) is 0.804. The summed E-state index contributed by atoms with van der Waals surface area (Å²) >= 11 is 0. The lowest BCUT2D eigenvalue weighted by molar-refractivity contribution is -0.119. The molecular weight excluding hydrogens is 230 g/mol. The second-order valence-electron chi connectivity index (χ2n) is 4.46. The van der Waals surface area contributed by atoms with E-state index in [0.717, 1.165) is 18.4 Å². The van der Waals surface area contributed by atoms with Crippen molar-refractivity contribution in [3.8, 4) is 0 Å². The molecule has 0 fully saturated rings. The number of carbonyl (C=O) groups excluding carboxylic acids is 1. The molecule has 1 aliphatic carbocycles. The van der Waals surface area contributed by atoms with E-state index in [1.165, 1.54) is 12.1 Å². The fourth-order valence-electron chi connectivity index (χ4n) is 1.96. The van der Waals surface area contributed by atoms with Crippen LogP contribution in [0.4, 0.5) is 5.69 Å². The highest BCUT2D eigenvalue weighted by Gasteiger charge is 2.20. The molecule has 2 N–H and O–H groups in total. The Hall–Kier alpha value is -2.10. The number of aromatic carboxylic acids is 1. The number of aryl methyl sites for hydroxylation is 1. The molecule has 1 amide bonds. The second-order valence-corrected chi connectivity index (χ2v) is 4.46. The highest BCUT2D eigenvalue weighted by Crippen LogP contribution is 2.22. The molecule has 0 unspecified atom stereocenters. The smallest absolute Gasteiger partial charge is 0.335 e. The van der Waals surface area contributed by atoms with Gasteiger partial charge in [0.25, 0.3) is 0 Å². The van der Waals surface area contributed by atoms with Gasteiger partial charge in [-0.3, -0.25) is 4.79 Å². The van der Waals surface area contributed by atoms with Gasteiger partial charge in [-0.1, -0.05) is 18.2 Å². The van der Waals surface area contributed by atoms with Crippen molar-refractivity contribution in [2.75, 3.05) is 5.32 Å². The van der Waals surface area contributed by atoms with Gasteiger partial charge in [0.15, 0.2) is 0 Å². The number of carbonyl (C=O) groups is 2. The Balaban J connectivity index is 2.15. The maximum absolute atomic E-state index is 11.9. The molecule has 0 saturated heterocycles. The van der Waals surface area contributed by atoms with E-state index in [4.69, 9.17) is 5.11 Å². The first-order chi connectivity index (χ1) is 8.58. The number of anilines is 1. The molecule has 4 heteroatoms. The van der Waals surface area contributed by atoms with Crippen LogP contribution < -0.4 is 5.32 Å². The zero-order chi connectivity index (χ0) is 13.1. The van der Waals surface area contributed by atoms with E-state index < -0.39 is 5.97 Å². The van der Waals surface area contributed by atoms with Crippen molar-refractivity contribution in [3.05, 3.63) is 41.5 Å². The van der Waals surface area contributed by atoms with E-state index in [1.54, 1.807) is 6.07 Å². The van der Waals surface area contributed by atoms with Gasteiger partial charge in [-0.25, -0.2) is 4.79 Å². The minimum Gasteiger partial charge on any atom is -0.478 e. The van der Waals surface area contributed by atoms with E-state index in [0.29, 0.717) is 5.69 Å². The van der Waals surface area contributed by atoms with Crippen LogP contribution in [-0.4, -0.2) is 17.0 Å². The van der Waals surface area contributed by atoms with E-state index in [9.17, 15) is 9.59 Å². The van der Waals surface area contributed by atoms with Gasteiger partial charge < -0.3 is 10.4 Å². The van der Waals surface area contributed by atoms with Gasteiger partial charge in [-0.05, 0) is 37.5 Å². The highest BCUT2D eigenvalue weighted by atomic mass is 16.4. The Morgan fingerprint density at radius 3 is 2.56 bits per heavy atom. The van der Waals surface area contributed by atoms with E-state index >= 15 is 0 Å². The van der Waals surface area contributed by atoms with Crippen molar-refractivity contribution in [3.63, 3.8) is 0 Å². The number of carboxylic acid groups (broad SMARTS) is 1. The maximum Gasteiger partial charge on any atom is 0.335 e. The van der Waals surface area contributed by atoms with E-state index in [2.05, 4.69) is 5.32 Å². The number of rotatable bonds is 3. The van der Waals surface area contributed by atoms with Crippen LogP contribution in [0.5, 0.6) is 0 Å². The minimum absolute atomic E-state index is 0.0297. The minimum atomic E-state index is -0.993. The number of nitrogens with one attached hydrogen (secondary N) is 1. The van der Waals surface area contributed by atoms with Crippen LogP contribution in [-0.2, 0) is 4.79 Å². The molecule has 1 aromatic carbocycles. The molecule has 4 nitrogen and oxygen atoms in total. The van der Waals surface area contributed by atoms with Crippen LogP contribution >= 0.6 is 0 Å². The highest BCUT2D eigenvalue weighted by molar-refractivity contribution is 5.96. The van der Waals surface area contributed by atoms with Crippen molar-refractivity contribution in [2.24, 2.45) is 5.92 Å². The van der Waals surface area contributed by atoms with Gasteiger partial charge in [0.05, 0.1) is 5.56 Å². The number of allylic oxidation sites excluding steroid dienone is 2. The lowest BCUT2D eigenvalue weighted by Gasteiger charge is -2.13. The molecule has 0 radical (unpaired) electrons. The summed E-state index contributed by atoms with van der Waals surface area (Å²) in [6, 6.07) is 4.73. The third-order valence-electron chi connectivity index (χ3n) is 3.12. The van der Waals surface area contributed by atoms with Crippen LogP contribution in [0.1, 0.15) is 28.8 Å². The fourth-order valence-corrected chi connectivity index (χ4v) is 1.96. The lowest BCUT2D eigenvalue weighted by Crippen LogP contribution is -2.21. The van der Waals surface area contributed by atoms with Crippen molar-refractivity contribution >= 4 is 17.6 Å². The Morgan fingerprint density at radius 1 is 1.28 bits per heavy atom. The fraction of sp³-hybridized carbons (Fsp3) is 0.286. The first-order valence-corrected chi connectivity index (χ1v) is 5.87. The molecule has 0 bridgehead atoms. The zero-order valence-electron chi connectivity index (χ0n) is 10.1. The van der Waals surface area contributed by atoms with Gasteiger partial charge in [0.2, 0.25) is 5.91 Å². The summed E-state index contributed by atoms with van der Waals surface area (Å²) in [5.74, 6) is -1.07. The number of hydrogen-bond donors (Lipinski definition) is 2. The van der Waals surface area contributed by atoms with Crippen LogP contribution in [0.25, 0.3) is 0 Å². The molecule has 0 aliphatic heterocycles. The standard InChI is InChI=1S/C14H15NO3/c1-9-6-7-11(14(17)18)8-12(9)15-13(16)10-4-2-3-5-10/h2-3,6-8,10H,4-5H2,1H3,(H,15,16)(H,17,18). The van der Waals surface area contributed by atoms with E-state index in [-0.39, 0.29) is 17.4 Å². The van der Waals surface area contributed by atoms with Crippen molar-refractivity contribution in [1.82, 2.24) is 0 Å². The summed E-state index contributed by atoms with van der Waals surface area (Å²) in [4.78, 5) is 22.8. The summed E-state index contributed by atoms with van der Waals surface area (Å²) in [6.45, 7) is 1.84. The van der Waals surface area contributed by atoms with Crippen LogP contribution in [0.3, 0.4) is 0 Å². The molecule has 0 atom stereocenters. The van der Waals surface area contributed by atoms with Gasteiger partial charge in [-0.15, -0.1) is 0 Å². The van der Waals surface area contributed by atoms with Gasteiger partial charge in [0, 0.05) is 11.6 Å². The Labute approximate surface area is 105 Å². The summed E-state index contributed by atoms with van der Waals surface area (Å²) in [7, 11) is 0. The predicted molar refractivity (Wildman–Crippen MR) is 68.6 cm³/mol. The molecule has 94 valence electrons.